The lowest BCUT2D eigenvalue weighted by molar-refractivity contribution is -0.0607. The van der Waals surface area contributed by atoms with E-state index in [1.54, 1.807) is 7.11 Å². The third-order valence-electron chi connectivity index (χ3n) is 11.9. The number of alkyl carbamates (subject to hydrolysis) is 1. The Kier molecular flexibility index (Phi) is 40.3. The molecule has 0 saturated heterocycles. The van der Waals surface area contributed by atoms with Gasteiger partial charge in [0.15, 0.2) is 0 Å². The molecule has 6 heteroatoms. The molecule has 6 nitrogen and oxygen atoms in total. The van der Waals surface area contributed by atoms with Crippen LogP contribution in [-0.2, 0) is 18.9 Å². The van der Waals surface area contributed by atoms with Crippen LogP contribution in [0.3, 0.4) is 0 Å². The van der Waals surface area contributed by atoms with Crippen LogP contribution in [0.4, 0.5) is 4.79 Å². The van der Waals surface area contributed by atoms with Gasteiger partial charge in [0.25, 0.3) is 0 Å². The largest absolute Gasteiger partial charge is 0.447 e. The minimum Gasteiger partial charge on any atom is -0.447 e. The van der Waals surface area contributed by atoms with Gasteiger partial charge in [0.05, 0.1) is 23.9 Å². The molecule has 0 heterocycles. The molecular formula is C50H101NO5. The molecule has 0 rings (SSSR count). The lowest BCUT2D eigenvalue weighted by atomic mass is 10.0. The molecule has 0 bridgehead atoms. The Morgan fingerprint density at radius 1 is 0.482 bits per heavy atom. The number of carbonyl (C=O) groups excluding carboxylic acids is 1. The molecule has 0 fully saturated rings. The zero-order valence-corrected chi connectivity index (χ0v) is 39.2. The van der Waals surface area contributed by atoms with Crippen molar-refractivity contribution in [3.8, 4) is 0 Å². The minimum absolute atomic E-state index is 0.0207. The zero-order chi connectivity index (χ0) is 41.3. The molecule has 0 spiro atoms. The van der Waals surface area contributed by atoms with Crippen LogP contribution in [0.1, 0.15) is 266 Å². The summed E-state index contributed by atoms with van der Waals surface area (Å²) in [5, 5.41) is 2.94. The van der Waals surface area contributed by atoms with Crippen molar-refractivity contribution < 1.29 is 23.7 Å². The predicted octanol–water partition coefficient (Wildman–Crippen LogP) is 16.0. The topological polar surface area (TPSA) is 66.0 Å². The third kappa shape index (κ3) is 41.3. The van der Waals surface area contributed by atoms with Crippen molar-refractivity contribution in [2.24, 2.45) is 0 Å². The first-order chi connectivity index (χ1) is 27.2. The third-order valence-corrected chi connectivity index (χ3v) is 11.9. The van der Waals surface area contributed by atoms with Gasteiger partial charge in [0, 0.05) is 20.3 Å². The van der Waals surface area contributed by atoms with Crippen molar-refractivity contribution in [2.75, 3.05) is 33.5 Å². The maximum atomic E-state index is 12.6. The Morgan fingerprint density at radius 3 is 1.25 bits per heavy atom. The van der Waals surface area contributed by atoms with Gasteiger partial charge in [-0.3, -0.25) is 0 Å². The van der Waals surface area contributed by atoms with Gasteiger partial charge in [0.1, 0.15) is 6.61 Å². The van der Waals surface area contributed by atoms with E-state index in [-0.39, 0.29) is 23.4 Å². The van der Waals surface area contributed by atoms with Crippen LogP contribution in [-0.4, -0.2) is 56.9 Å². The second-order valence-corrected chi connectivity index (χ2v) is 18.5. The van der Waals surface area contributed by atoms with E-state index in [1.165, 1.54) is 193 Å². The molecule has 1 atom stereocenters. The van der Waals surface area contributed by atoms with Crippen molar-refractivity contribution in [2.45, 2.75) is 284 Å². The summed E-state index contributed by atoms with van der Waals surface area (Å²) in [6.45, 7) is 15.1. The normalized spacial score (nSPS) is 12.7. The summed E-state index contributed by atoms with van der Waals surface area (Å²) in [6, 6.07) is 0. The highest BCUT2D eigenvalue weighted by Gasteiger charge is 2.22. The fourth-order valence-corrected chi connectivity index (χ4v) is 7.47. The summed E-state index contributed by atoms with van der Waals surface area (Å²) in [4.78, 5) is 12.6. The summed E-state index contributed by atoms with van der Waals surface area (Å²) < 4.78 is 23.6. The van der Waals surface area contributed by atoms with Crippen LogP contribution >= 0.6 is 0 Å². The quantitative estimate of drug-likeness (QED) is 0.0622. The molecule has 0 aromatic carbocycles. The fraction of sp³-hybridized carbons (Fsp3) is 0.980. The van der Waals surface area contributed by atoms with Gasteiger partial charge in [-0.05, 0) is 53.4 Å². The number of rotatable bonds is 45. The van der Waals surface area contributed by atoms with Crippen LogP contribution in [0.25, 0.3) is 0 Å². The van der Waals surface area contributed by atoms with Crippen molar-refractivity contribution >= 4 is 6.09 Å². The van der Waals surface area contributed by atoms with Crippen molar-refractivity contribution in [3.05, 3.63) is 0 Å². The maximum Gasteiger partial charge on any atom is 0.407 e. The summed E-state index contributed by atoms with van der Waals surface area (Å²) in [7, 11) is 1.73. The number of unbranched alkanes of at least 4 members (excludes halogenated alkanes) is 30. The van der Waals surface area contributed by atoms with Crippen LogP contribution in [0, 0.1) is 0 Å². The lowest BCUT2D eigenvalue weighted by Crippen LogP contribution is -2.35. The Hall–Kier alpha value is -0.850. The summed E-state index contributed by atoms with van der Waals surface area (Å²) in [5.74, 6) is 0. The van der Waals surface area contributed by atoms with Crippen LogP contribution in [0.15, 0.2) is 0 Å². The summed E-state index contributed by atoms with van der Waals surface area (Å²) in [6.07, 6.45) is 46.0. The number of nitrogens with one attached hydrogen (secondary N) is 1. The first kappa shape index (κ1) is 55.2. The standard InChI is InChI=1S/C50H101NO5/c1-8-10-12-14-16-18-20-22-24-26-28-30-32-34-36-38-40-47(46-55-48(52)51-43-41-50(5,6)56-45-42-49(3,4)53-7)54-44-39-37-35-33-31-29-27-25-23-21-19-17-15-13-11-9-2/h47H,8-46H2,1-7H3,(H,51,52). The van der Waals surface area contributed by atoms with Gasteiger partial charge in [-0.25, -0.2) is 4.79 Å². The van der Waals surface area contributed by atoms with E-state index in [4.69, 9.17) is 18.9 Å². The molecule has 0 aliphatic heterocycles. The zero-order valence-electron chi connectivity index (χ0n) is 39.2. The first-order valence-corrected chi connectivity index (χ1v) is 24.9. The number of methoxy groups -OCH3 is 1. The maximum absolute atomic E-state index is 12.6. The van der Waals surface area contributed by atoms with Crippen LogP contribution in [0.5, 0.6) is 0 Å². The molecular weight excluding hydrogens is 695 g/mol. The summed E-state index contributed by atoms with van der Waals surface area (Å²) in [5.41, 5.74) is -0.530. The number of amides is 1. The van der Waals surface area contributed by atoms with E-state index in [9.17, 15) is 4.79 Å². The van der Waals surface area contributed by atoms with Gasteiger partial charge >= 0.3 is 6.09 Å². The van der Waals surface area contributed by atoms with E-state index in [0.29, 0.717) is 26.2 Å². The van der Waals surface area contributed by atoms with E-state index in [0.717, 1.165) is 32.3 Å². The number of hydrogen-bond acceptors (Lipinski definition) is 5. The number of ether oxygens (including phenoxy) is 4. The monoisotopic (exact) mass is 796 g/mol. The molecule has 0 radical (unpaired) electrons. The average molecular weight is 796 g/mol. The van der Waals surface area contributed by atoms with Crippen LogP contribution < -0.4 is 5.32 Å². The molecule has 336 valence electrons. The van der Waals surface area contributed by atoms with Crippen molar-refractivity contribution in [1.82, 2.24) is 5.32 Å². The molecule has 1 amide bonds. The molecule has 0 aromatic rings. The Balaban J connectivity index is 4.25. The highest BCUT2D eigenvalue weighted by atomic mass is 16.6. The Bertz CT molecular complexity index is 802. The smallest absolute Gasteiger partial charge is 0.407 e. The molecule has 0 aliphatic rings. The van der Waals surface area contributed by atoms with Crippen molar-refractivity contribution in [3.63, 3.8) is 0 Å². The van der Waals surface area contributed by atoms with E-state index in [1.807, 2.05) is 0 Å². The van der Waals surface area contributed by atoms with Gasteiger partial charge < -0.3 is 24.3 Å². The van der Waals surface area contributed by atoms with E-state index >= 15 is 0 Å². The van der Waals surface area contributed by atoms with Crippen LogP contribution in [0.2, 0.25) is 0 Å². The molecule has 1 N–H and O–H groups in total. The lowest BCUT2D eigenvalue weighted by Gasteiger charge is -2.29. The van der Waals surface area contributed by atoms with E-state index in [2.05, 4.69) is 46.9 Å². The van der Waals surface area contributed by atoms with Crippen molar-refractivity contribution in [1.29, 1.82) is 0 Å². The SMILES string of the molecule is CCCCCCCCCCCCCCCCCCOC(CCCCCCCCCCCCCCCCCC)COC(=O)NCCC(C)(C)OCCC(C)(C)OC. The van der Waals surface area contributed by atoms with Gasteiger partial charge in [-0.1, -0.05) is 213 Å². The Labute approximate surface area is 351 Å². The molecule has 0 aliphatic carbocycles. The molecule has 56 heavy (non-hydrogen) atoms. The van der Waals surface area contributed by atoms with Gasteiger partial charge in [-0.2, -0.15) is 0 Å². The molecule has 0 aromatic heterocycles. The highest BCUT2D eigenvalue weighted by Crippen LogP contribution is 2.20. The molecule has 0 saturated carbocycles. The predicted molar refractivity (Wildman–Crippen MR) is 243 cm³/mol. The fourth-order valence-electron chi connectivity index (χ4n) is 7.47. The average Bonchev–Trinajstić information content (AvgIpc) is 3.17. The first-order valence-electron chi connectivity index (χ1n) is 24.9. The highest BCUT2D eigenvalue weighted by molar-refractivity contribution is 5.67. The second kappa shape index (κ2) is 40.9. The number of carbonyl (C=O) groups is 1. The summed E-state index contributed by atoms with van der Waals surface area (Å²) >= 11 is 0. The Morgan fingerprint density at radius 2 is 0.857 bits per heavy atom. The van der Waals surface area contributed by atoms with E-state index < -0.39 is 0 Å². The number of hydrogen-bond donors (Lipinski definition) is 1. The second-order valence-electron chi connectivity index (χ2n) is 18.5. The van der Waals surface area contributed by atoms with Gasteiger partial charge in [0.2, 0.25) is 0 Å². The van der Waals surface area contributed by atoms with Gasteiger partial charge in [-0.15, -0.1) is 0 Å². The molecule has 1 unspecified atom stereocenters. The minimum atomic E-state index is -0.357.